The van der Waals surface area contributed by atoms with Gasteiger partial charge >= 0.3 is 0 Å². The van der Waals surface area contributed by atoms with Gasteiger partial charge in [0.15, 0.2) is 0 Å². The van der Waals surface area contributed by atoms with Crippen molar-refractivity contribution < 1.29 is 9.90 Å². The molecule has 1 aliphatic rings. The van der Waals surface area contributed by atoms with Gasteiger partial charge in [-0.05, 0) is 61.1 Å². The number of nitrogens with two attached hydrogens (primary N) is 1. The summed E-state index contributed by atoms with van der Waals surface area (Å²) in [5.74, 6) is 0.163. The molecule has 6 heteroatoms. The van der Waals surface area contributed by atoms with Gasteiger partial charge in [-0.3, -0.25) is 4.79 Å². The number of benzene rings is 2. The van der Waals surface area contributed by atoms with E-state index in [-0.39, 0.29) is 24.2 Å². The maximum Gasteiger partial charge on any atom is 0.254 e. The van der Waals surface area contributed by atoms with Crippen LogP contribution in [0.15, 0.2) is 42.5 Å². The van der Waals surface area contributed by atoms with Crippen LogP contribution in [0, 0.1) is 12.8 Å². The predicted molar refractivity (Wildman–Crippen MR) is 108 cm³/mol. The molecule has 1 heterocycles. The van der Waals surface area contributed by atoms with E-state index in [4.69, 9.17) is 17.3 Å². The van der Waals surface area contributed by atoms with E-state index in [2.05, 4.69) is 0 Å². The first kappa shape index (κ1) is 20.6. The first-order chi connectivity index (χ1) is 12.0. The van der Waals surface area contributed by atoms with E-state index in [9.17, 15) is 9.90 Å². The fourth-order valence-corrected chi connectivity index (χ4v) is 3.52. The SMILES string of the molecule is Cc1ccc(N)cc1C(=O)N1CCC(C(O)c2ccc(Cl)cc2)CC1.Cl. The summed E-state index contributed by atoms with van der Waals surface area (Å²) < 4.78 is 0. The predicted octanol–water partition coefficient (Wildman–Crippen LogP) is 4.24. The third kappa shape index (κ3) is 4.50. The van der Waals surface area contributed by atoms with E-state index in [1.54, 1.807) is 24.3 Å². The number of aryl methyl sites for hydroxylation is 1. The maximum atomic E-state index is 12.7. The largest absolute Gasteiger partial charge is 0.399 e. The second-order valence-corrected chi connectivity index (χ2v) is 7.14. The smallest absolute Gasteiger partial charge is 0.254 e. The number of likely N-dealkylation sites (tertiary alicyclic amines) is 1. The Hall–Kier alpha value is -1.75. The fourth-order valence-electron chi connectivity index (χ4n) is 3.39. The van der Waals surface area contributed by atoms with Gasteiger partial charge in [0.25, 0.3) is 5.91 Å². The number of halogens is 2. The van der Waals surface area contributed by atoms with Gasteiger partial charge in [-0.15, -0.1) is 12.4 Å². The molecule has 0 spiro atoms. The van der Waals surface area contributed by atoms with E-state index in [1.807, 2.05) is 30.0 Å². The van der Waals surface area contributed by atoms with Gasteiger partial charge in [-0.2, -0.15) is 0 Å². The Labute approximate surface area is 165 Å². The molecule has 1 fully saturated rings. The van der Waals surface area contributed by atoms with Crippen LogP contribution in [0.2, 0.25) is 5.02 Å². The van der Waals surface area contributed by atoms with E-state index in [0.29, 0.717) is 29.4 Å². The molecule has 0 aromatic heterocycles. The number of nitrogen functional groups attached to an aromatic ring is 1. The molecule has 2 aromatic rings. The van der Waals surface area contributed by atoms with Crippen molar-refractivity contribution in [3.63, 3.8) is 0 Å². The van der Waals surface area contributed by atoms with Gasteiger partial charge in [0.1, 0.15) is 0 Å². The van der Waals surface area contributed by atoms with Gasteiger partial charge in [-0.25, -0.2) is 0 Å². The van der Waals surface area contributed by atoms with Gasteiger partial charge < -0.3 is 15.7 Å². The Morgan fingerprint density at radius 3 is 2.42 bits per heavy atom. The molecule has 26 heavy (non-hydrogen) atoms. The lowest BCUT2D eigenvalue weighted by molar-refractivity contribution is 0.0462. The number of anilines is 1. The molecule has 2 aromatic carbocycles. The molecular weight excluding hydrogens is 371 g/mol. The van der Waals surface area contributed by atoms with Crippen molar-refractivity contribution in [2.24, 2.45) is 5.92 Å². The van der Waals surface area contributed by atoms with Crippen LogP contribution in [0.25, 0.3) is 0 Å². The number of carbonyl (C=O) groups excluding carboxylic acids is 1. The van der Waals surface area contributed by atoms with Gasteiger partial charge in [0, 0.05) is 29.4 Å². The molecule has 1 atom stereocenters. The molecule has 140 valence electrons. The zero-order valence-electron chi connectivity index (χ0n) is 14.7. The summed E-state index contributed by atoms with van der Waals surface area (Å²) in [6.07, 6.45) is 1.02. The Bertz CT molecular complexity index is 757. The molecule has 1 aliphatic heterocycles. The number of hydrogen-bond acceptors (Lipinski definition) is 3. The van der Waals surface area contributed by atoms with Crippen LogP contribution < -0.4 is 5.73 Å². The van der Waals surface area contributed by atoms with Crippen LogP contribution >= 0.6 is 24.0 Å². The van der Waals surface area contributed by atoms with E-state index in [1.165, 1.54) is 0 Å². The molecule has 4 nitrogen and oxygen atoms in total. The number of nitrogens with zero attached hydrogens (tertiary/aromatic N) is 1. The number of aliphatic hydroxyl groups excluding tert-OH is 1. The highest BCUT2D eigenvalue weighted by molar-refractivity contribution is 6.30. The van der Waals surface area contributed by atoms with Crippen molar-refractivity contribution in [3.8, 4) is 0 Å². The lowest BCUT2D eigenvalue weighted by atomic mass is 9.87. The van der Waals surface area contributed by atoms with Gasteiger partial charge in [0.2, 0.25) is 0 Å². The first-order valence-electron chi connectivity index (χ1n) is 8.54. The molecule has 3 rings (SSSR count). The van der Waals surface area contributed by atoms with Crippen LogP contribution in [0.5, 0.6) is 0 Å². The number of carbonyl (C=O) groups is 1. The second kappa shape index (κ2) is 8.76. The second-order valence-electron chi connectivity index (χ2n) is 6.70. The van der Waals surface area contributed by atoms with E-state index >= 15 is 0 Å². The summed E-state index contributed by atoms with van der Waals surface area (Å²) in [5.41, 5.74) is 8.89. The van der Waals surface area contributed by atoms with Crippen LogP contribution in [0.4, 0.5) is 5.69 Å². The average molecular weight is 395 g/mol. The minimum Gasteiger partial charge on any atom is -0.399 e. The lowest BCUT2D eigenvalue weighted by Gasteiger charge is -2.34. The maximum absolute atomic E-state index is 12.7. The molecule has 1 unspecified atom stereocenters. The highest BCUT2D eigenvalue weighted by Gasteiger charge is 2.29. The number of rotatable bonds is 3. The number of aliphatic hydroxyl groups is 1. The topological polar surface area (TPSA) is 66.6 Å². The Kier molecular flexibility index (Phi) is 6.93. The summed E-state index contributed by atoms with van der Waals surface area (Å²) in [6.45, 7) is 3.20. The third-order valence-corrected chi connectivity index (χ3v) is 5.23. The third-order valence-electron chi connectivity index (χ3n) is 4.98. The van der Waals surface area contributed by atoms with Crippen molar-refractivity contribution in [3.05, 3.63) is 64.2 Å². The first-order valence-corrected chi connectivity index (χ1v) is 8.92. The van der Waals surface area contributed by atoms with Gasteiger partial charge in [0.05, 0.1) is 6.10 Å². The lowest BCUT2D eigenvalue weighted by Crippen LogP contribution is -2.40. The fraction of sp³-hybridized carbons (Fsp3) is 0.350. The molecule has 1 amide bonds. The van der Waals surface area contributed by atoms with E-state index < -0.39 is 6.10 Å². The summed E-state index contributed by atoms with van der Waals surface area (Å²) in [6, 6.07) is 12.7. The Morgan fingerprint density at radius 1 is 1.19 bits per heavy atom. The van der Waals surface area contributed by atoms with Crippen molar-refractivity contribution in [1.82, 2.24) is 4.90 Å². The van der Waals surface area contributed by atoms with Crippen LogP contribution in [-0.2, 0) is 0 Å². The zero-order chi connectivity index (χ0) is 18.0. The molecule has 0 saturated carbocycles. The monoisotopic (exact) mass is 394 g/mol. The number of hydrogen-bond donors (Lipinski definition) is 2. The summed E-state index contributed by atoms with van der Waals surface area (Å²) in [4.78, 5) is 14.6. The molecule has 0 aliphatic carbocycles. The average Bonchev–Trinajstić information content (AvgIpc) is 2.63. The number of amides is 1. The summed E-state index contributed by atoms with van der Waals surface area (Å²) >= 11 is 5.90. The van der Waals surface area contributed by atoms with Crippen LogP contribution in [-0.4, -0.2) is 29.0 Å². The molecule has 0 radical (unpaired) electrons. The van der Waals surface area contributed by atoms with Crippen LogP contribution in [0.3, 0.4) is 0 Å². The highest BCUT2D eigenvalue weighted by Crippen LogP contribution is 2.32. The highest BCUT2D eigenvalue weighted by atomic mass is 35.5. The Balaban J connectivity index is 0.00000243. The normalized spacial score (nSPS) is 16.0. The van der Waals surface area contributed by atoms with Crippen molar-refractivity contribution in [2.45, 2.75) is 25.9 Å². The standard InChI is InChI=1S/C20H23ClN2O2.ClH/c1-13-2-7-17(22)12-18(13)20(25)23-10-8-15(9-11-23)19(24)14-3-5-16(21)6-4-14;/h2-7,12,15,19,24H,8-11,22H2,1H3;1H. The molecule has 1 saturated heterocycles. The zero-order valence-corrected chi connectivity index (χ0v) is 16.3. The van der Waals surface area contributed by atoms with Crippen molar-refractivity contribution >= 4 is 35.6 Å². The molecule has 3 N–H and O–H groups in total. The minimum atomic E-state index is -0.524. The molecular formula is C20H24Cl2N2O2. The Morgan fingerprint density at radius 2 is 1.81 bits per heavy atom. The van der Waals surface area contributed by atoms with E-state index in [0.717, 1.165) is 24.0 Å². The molecule has 0 bridgehead atoms. The quantitative estimate of drug-likeness (QED) is 0.764. The summed E-state index contributed by atoms with van der Waals surface area (Å²) in [5, 5.41) is 11.3. The summed E-state index contributed by atoms with van der Waals surface area (Å²) in [7, 11) is 0. The minimum absolute atomic E-state index is 0. The number of piperidine rings is 1. The van der Waals surface area contributed by atoms with Gasteiger partial charge in [-0.1, -0.05) is 29.8 Å². The van der Waals surface area contributed by atoms with Crippen molar-refractivity contribution in [1.29, 1.82) is 0 Å². The van der Waals surface area contributed by atoms with Crippen LogP contribution in [0.1, 0.15) is 40.4 Å². The van der Waals surface area contributed by atoms with Crippen molar-refractivity contribution in [2.75, 3.05) is 18.8 Å².